The van der Waals surface area contributed by atoms with Gasteiger partial charge in [0.05, 0.1) is 11.5 Å². The first-order chi connectivity index (χ1) is 10.1. The Labute approximate surface area is 129 Å². The van der Waals surface area contributed by atoms with E-state index in [-0.39, 0.29) is 5.92 Å². The number of sulfone groups is 1. The summed E-state index contributed by atoms with van der Waals surface area (Å²) < 4.78 is 22.8. The fourth-order valence-electron chi connectivity index (χ4n) is 2.66. The van der Waals surface area contributed by atoms with Crippen LogP contribution in [0.15, 0.2) is 42.5 Å². The van der Waals surface area contributed by atoms with Crippen LogP contribution in [0.3, 0.4) is 0 Å². The normalized spacial score (nSPS) is 20.7. The topological polar surface area (TPSA) is 46.2 Å². The van der Waals surface area contributed by atoms with Gasteiger partial charge in [-0.3, -0.25) is 0 Å². The third-order valence-electron chi connectivity index (χ3n) is 3.78. The summed E-state index contributed by atoms with van der Waals surface area (Å²) in [6, 6.07) is 14.7. The van der Waals surface area contributed by atoms with Crippen LogP contribution in [0.25, 0.3) is 10.4 Å². The van der Waals surface area contributed by atoms with Gasteiger partial charge in [-0.05, 0) is 36.6 Å². The molecule has 1 aliphatic rings. The maximum absolute atomic E-state index is 11.4. The van der Waals surface area contributed by atoms with Crippen LogP contribution in [0.1, 0.15) is 11.3 Å². The van der Waals surface area contributed by atoms with Crippen LogP contribution < -0.4 is 5.32 Å². The summed E-state index contributed by atoms with van der Waals surface area (Å²) in [4.78, 5) is 2.56. The van der Waals surface area contributed by atoms with Crippen molar-refractivity contribution in [1.29, 1.82) is 0 Å². The molecule has 1 aliphatic heterocycles. The van der Waals surface area contributed by atoms with Crippen LogP contribution in [0.5, 0.6) is 0 Å². The lowest BCUT2D eigenvalue weighted by Crippen LogP contribution is -2.22. The smallest absolute Gasteiger partial charge is 0.150 e. The monoisotopic (exact) mass is 321 g/mol. The van der Waals surface area contributed by atoms with E-state index in [0.717, 1.165) is 19.5 Å². The average Bonchev–Trinajstić information content (AvgIpc) is 3.07. The summed E-state index contributed by atoms with van der Waals surface area (Å²) in [7, 11) is -2.76. The van der Waals surface area contributed by atoms with E-state index >= 15 is 0 Å². The van der Waals surface area contributed by atoms with Gasteiger partial charge in [-0.15, -0.1) is 11.3 Å². The van der Waals surface area contributed by atoms with Gasteiger partial charge in [0, 0.05) is 16.3 Å². The molecule has 0 bridgehead atoms. The third-order valence-corrected chi connectivity index (χ3v) is 6.75. The number of rotatable bonds is 5. The van der Waals surface area contributed by atoms with E-state index in [1.54, 1.807) is 11.3 Å². The molecule has 3 nitrogen and oxygen atoms in total. The van der Waals surface area contributed by atoms with Gasteiger partial charge in [0.25, 0.3) is 0 Å². The summed E-state index contributed by atoms with van der Waals surface area (Å²) >= 11 is 1.79. The molecule has 1 unspecified atom stereocenters. The highest BCUT2D eigenvalue weighted by molar-refractivity contribution is 7.91. The van der Waals surface area contributed by atoms with E-state index in [2.05, 4.69) is 29.6 Å². The maximum Gasteiger partial charge on any atom is 0.150 e. The Hall–Kier alpha value is -1.17. The number of hydrogen-bond donors (Lipinski definition) is 1. The molecule has 0 radical (unpaired) electrons. The summed E-state index contributed by atoms with van der Waals surface area (Å²) in [5, 5.41) is 3.39. The van der Waals surface area contributed by atoms with Gasteiger partial charge in [0.15, 0.2) is 9.84 Å². The first-order valence-electron chi connectivity index (χ1n) is 7.18. The molecule has 3 rings (SSSR count). The van der Waals surface area contributed by atoms with Crippen LogP contribution in [-0.4, -0.2) is 26.5 Å². The zero-order valence-corrected chi connectivity index (χ0v) is 13.4. The van der Waals surface area contributed by atoms with Crippen molar-refractivity contribution in [3.8, 4) is 10.4 Å². The molecule has 21 heavy (non-hydrogen) atoms. The molecule has 1 fully saturated rings. The SMILES string of the molecule is O=S1(=O)CCC(CNCc2ccc(-c3ccccc3)s2)C1. The molecule has 1 N–H and O–H groups in total. The van der Waals surface area contributed by atoms with E-state index in [1.807, 2.05) is 18.2 Å². The van der Waals surface area contributed by atoms with E-state index in [1.165, 1.54) is 15.3 Å². The molecule has 0 aliphatic carbocycles. The number of benzene rings is 1. The van der Waals surface area contributed by atoms with Gasteiger partial charge in [0.2, 0.25) is 0 Å². The van der Waals surface area contributed by atoms with Gasteiger partial charge in [-0.25, -0.2) is 8.42 Å². The minimum absolute atomic E-state index is 0.281. The van der Waals surface area contributed by atoms with Crippen LogP contribution in [-0.2, 0) is 16.4 Å². The van der Waals surface area contributed by atoms with Gasteiger partial charge in [0.1, 0.15) is 0 Å². The van der Waals surface area contributed by atoms with E-state index in [9.17, 15) is 8.42 Å². The highest BCUT2D eigenvalue weighted by Gasteiger charge is 2.27. The Morgan fingerprint density at radius 2 is 1.95 bits per heavy atom. The van der Waals surface area contributed by atoms with Crippen molar-refractivity contribution >= 4 is 21.2 Å². The standard InChI is InChI=1S/C16H19NO2S2/c18-21(19)9-8-13(12-21)10-17-11-15-6-7-16(20-15)14-4-2-1-3-5-14/h1-7,13,17H,8-12H2. The summed E-state index contributed by atoms with van der Waals surface area (Å²) in [5.41, 5.74) is 1.25. The molecule has 1 saturated heterocycles. The summed E-state index contributed by atoms with van der Waals surface area (Å²) in [6.45, 7) is 1.60. The Balaban J connectivity index is 1.52. The molecule has 112 valence electrons. The molecule has 0 amide bonds. The number of thiophene rings is 1. The fourth-order valence-corrected chi connectivity index (χ4v) is 5.51. The zero-order valence-electron chi connectivity index (χ0n) is 11.8. The predicted octanol–water partition coefficient (Wildman–Crippen LogP) is 2.94. The van der Waals surface area contributed by atoms with Crippen molar-refractivity contribution in [2.75, 3.05) is 18.1 Å². The number of hydrogen-bond acceptors (Lipinski definition) is 4. The lowest BCUT2D eigenvalue weighted by molar-refractivity contribution is 0.522. The highest BCUT2D eigenvalue weighted by atomic mass is 32.2. The zero-order chi connectivity index (χ0) is 14.7. The van der Waals surface area contributed by atoms with Crippen molar-refractivity contribution in [3.63, 3.8) is 0 Å². The van der Waals surface area contributed by atoms with Crippen LogP contribution >= 0.6 is 11.3 Å². The Morgan fingerprint density at radius 1 is 1.14 bits per heavy atom. The Morgan fingerprint density at radius 3 is 2.67 bits per heavy atom. The molecule has 2 heterocycles. The molecule has 1 aromatic heterocycles. The van der Waals surface area contributed by atoms with Crippen molar-refractivity contribution in [2.24, 2.45) is 5.92 Å². The molecule has 1 atom stereocenters. The second-order valence-electron chi connectivity index (χ2n) is 5.53. The van der Waals surface area contributed by atoms with Crippen LogP contribution in [0.4, 0.5) is 0 Å². The Bertz CT molecular complexity index is 692. The second kappa shape index (κ2) is 6.30. The lowest BCUT2D eigenvalue weighted by Gasteiger charge is -2.08. The molecule has 5 heteroatoms. The molecule has 0 saturated carbocycles. The third kappa shape index (κ3) is 3.93. The molecule has 1 aromatic carbocycles. The molecule has 2 aromatic rings. The fraction of sp³-hybridized carbons (Fsp3) is 0.375. The lowest BCUT2D eigenvalue weighted by atomic mass is 10.1. The van der Waals surface area contributed by atoms with E-state index in [4.69, 9.17) is 0 Å². The van der Waals surface area contributed by atoms with Gasteiger partial charge >= 0.3 is 0 Å². The quantitative estimate of drug-likeness (QED) is 0.921. The maximum atomic E-state index is 11.4. The van der Waals surface area contributed by atoms with Crippen molar-refractivity contribution in [1.82, 2.24) is 5.32 Å². The number of nitrogens with one attached hydrogen (secondary N) is 1. The highest BCUT2D eigenvalue weighted by Crippen LogP contribution is 2.27. The van der Waals surface area contributed by atoms with E-state index < -0.39 is 9.84 Å². The van der Waals surface area contributed by atoms with Crippen molar-refractivity contribution in [2.45, 2.75) is 13.0 Å². The van der Waals surface area contributed by atoms with E-state index in [0.29, 0.717) is 11.5 Å². The van der Waals surface area contributed by atoms with Crippen molar-refractivity contribution in [3.05, 3.63) is 47.3 Å². The van der Waals surface area contributed by atoms with Crippen molar-refractivity contribution < 1.29 is 8.42 Å². The van der Waals surface area contributed by atoms with Crippen LogP contribution in [0.2, 0.25) is 0 Å². The second-order valence-corrected chi connectivity index (χ2v) is 8.93. The minimum Gasteiger partial charge on any atom is -0.312 e. The first-order valence-corrected chi connectivity index (χ1v) is 9.81. The average molecular weight is 321 g/mol. The van der Waals surface area contributed by atoms with Crippen LogP contribution in [0, 0.1) is 5.92 Å². The molecule has 0 spiro atoms. The largest absolute Gasteiger partial charge is 0.312 e. The first kappa shape index (κ1) is 14.8. The van der Waals surface area contributed by atoms with Gasteiger partial charge < -0.3 is 5.32 Å². The van der Waals surface area contributed by atoms with Gasteiger partial charge in [-0.1, -0.05) is 30.3 Å². The summed E-state index contributed by atoms with van der Waals surface area (Å²) in [5.74, 6) is 0.986. The van der Waals surface area contributed by atoms with Gasteiger partial charge in [-0.2, -0.15) is 0 Å². The molecular weight excluding hydrogens is 302 g/mol. The minimum atomic E-state index is -2.76. The Kier molecular flexibility index (Phi) is 4.42. The molecular formula is C16H19NO2S2. The predicted molar refractivity (Wildman–Crippen MR) is 88.2 cm³/mol. The summed E-state index contributed by atoms with van der Waals surface area (Å²) in [6.07, 6.45) is 0.801.